The van der Waals surface area contributed by atoms with Crippen LogP contribution in [0.15, 0.2) is 22.6 Å². The summed E-state index contributed by atoms with van der Waals surface area (Å²) in [6, 6.07) is 6.37. The molecule has 1 N–H and O–H groups in total. The molecule has 0 radical (unpaired) electrons. The van der Waals surface area contributed by atoms with Crippen LogP contribution < -0.4 is 5.32 Å². The molecule has 0 saturated heterocycles. The smallest absolute Gasteiger partial charge is 0.134 e. The highest BCUT2D eigenvalue weighted by Gasteiger charge is 2.12. The maximum absolute atomic E-state index is 5.88. The molecule has 0 unspecified atom stereocenters. The lowest BCUT2D eigenvalue weighted by Gasteiger charge is -2.00. The molecule has 86 valence electrons. The van der Waals surface area contributed by atoms with Crippen LogP contribution in [0, 0.1) is 3.57 Å². The summed E-state index contributed by atoms with van der Waals surface area (Å²) in [7, 11) is 1.95. The molecule has 0 saturated carbocycles. The molecule has 0 atom stereocenters. The maximum Gasteiger partial charge on any atom is 0.134 e. The summed E-state index contributed by atoms with van der Waals surface area (Å²) in [4.78, 5) is 0. The molecule has 2 nitrogen and oxygen atoms in total. The van der Waals surface area contributed by atoms with Gasteiger partial charge < -0.3 is 9.73 Å². The van der Waals surface area contributed by atoms with Gasteiger partial charge in [0.15, 0.2) is 0 Å². The van der Waals surface area contributed by atoms with Gasteiger partial charge in [-0.1, -0.05) is 13.3 Å². The minimum atomic E-state index is 0.806. The van der Waals surface area contributed by atoms with Gasteiger partial charge in [-0.2, -0.15) is 0 Å². The molecule has 1 aromatic heterocycles. The molecule has 0 fully saturated rings. The van der Waals surface area contributed by atoms with Gasteiger partial charge in [0.25, 0.3) is 0 Å². The molecule has 0 amide bonds. The van der Waals surface area contributed by atoms with Gasteiger partial charge >= 0.3 is 0 Å². The van der Waals surface area contributed by atoms with Crippen molar-refractivity contribution in [2.75, 3.05) is 7.05 Å². The first-order chi connectivity index (χ1) is 7.76. The fraction of sp³-hybridized carbons (Fsp3) is 0.385. The molecular formula is C13H16INO. The van der Waals surface area contributed by atoms with Crippen molar-refractivity contribution in [3.8, 4) is 0 Å². The Labute approximate surface area is 110 Å². The summed E-state index contributed by atoms with van der Waals surface area (Å²) < 4.78 is 7.14. The van der Waals surface area contributed by atoms with Crippen molar-refractivity contribution in [2.24, 2.45) is 0 Å². The van der Waals surface area contributed by atoms with Gasteiger partial charge in [-0.15, -0.1) is 0 Å². The number of aryl methyl sites for hydroxylation is 1. The standard InChI is InChI=1S/C13H16INO/c1-3-4-10-11-7-9(14)5-6-12(11)16-13(10)8-15-2/h5-7,15H,3-4,8H2,1-2H3. The molecule has 0 aliphatic carbocycles. The van der Waals surface area contributed by atoms with Crippen LogP contribution in [0.2, 0.25) is 0 Å². The lowest BCUT2D eigenvalue weighted by molar-refractivity contribution is 0.523. The highest BCUT2D eigenvalue weighted by atomic mass is 127. The lowest BCUT2D eigenvalue weighted by atomic mass is 10.1. The molecule has 1 aromatic carbocycles. The molecule has 1 heterocycles. The van der Waals surface area contributed by atoms with Crippen LogP contribution in [0.3, 0.4) is 0 Å². The predicted octanol–water partition coefficient (Wildman–Crippen LogP) is 3.71. The summed E-state index contributed by atoms with van der Waals surface area (Å²) in [6.07, 6.45) is 2.24. The van der Waals surface area contributed by atoms with Crippen LogP contribution in [-0.2, 0) is 13.0 Å². The summed E-state index contributed by atoms with van der Waals surface area (Å²) >= 11 is 2.35. The molecule has 2 rings (SSSR count). The monoisotopic (exact) mass is 329 g/mol. The third-order valence-electron chi connectivity index (χ3n) is 2.67. The highest BCUT2D eigenvalue weighted by Crippen LogP contribution is 2.28. The molecule has 0 aliphatic rings. The zero-order valence-electron chi connectivity index (χ0n) is 9.64. The van der Waals surface area contributed by atoms with E-state index in [1.807, 2.05) is 7.05 Å². The van der Waals surface area contributed by atoms with E-state index in [4.69, 9.17) is 4.42 Å². The number of benzene rings is 1. The number of fused-ring (bicyclic) bond motifs is 1. The van der Waals surface area contributed by atoms with Crippen molar-refractivity contribution in [2.45, 2.75) is 26.3 Å². The molecule has 2 aromatic rings. The average Bonchev–Trinajstić information content (AvgIpc) is 2.58. The van der Waals surface area contributed by atoms with E-state index in [-0.39, 0.29) is 0 Å². The number of rotatable bonds is 4. The number of hydrogen-bond donors (Lipinski definition) is 1. The second-order valence-electron chi connectivity index (χ2n) is 3.92. The zero-order chi connectivity index (χ0) is 11.5. The molecule has 0 aliphatic heterocycles. The normalized spacial score (nSPS) is 11.2. The van der Waals surface area contributed by atoms with Crippen LogP contribution in [0.5, 0.6) is 0 Å². The van der Waals surface area contributed by atoms with E-state index in [0.717, 1.165) is 30.7 Å². The third kappa shape index (κ3) is 2.25. The highest BCUT2D eigenvalue weighted by molar-refractivity contribution is 14.1. The van der Waals surface area contributed by atoms with Crippen molar-refractivity contribution in [1.29, 1.82) is 0 Å². The quantitative estimate of drug-likeness (QED) is 0.865. The van der Waals surface area contributed by atoms with Crippen molar-refractivity contribution in [1.82, 2.24) is 5.32 Å². The Morgan fingerprint density at radius 3 is 2.88 bits per heavy atom. The van der Waals surface area contributed by atoms with Crippen LogP contribution in [0.1, 0.15) is 24.7 Å². The van der Waals surface area contributed by atoms with Crippen LogP contribution in [-0.4, -0.2) is 7.05 Å². The van der Waals surface area contributed by atoms with Crippen molar-refractivity contribution in [3.05, 3.63) is 33.1 Å². The molecule has 16 heavy (non-hydrogen) atoms. The Balaban J connectivity index is 2.57. The summed E-state index contributed by atoms with van der Waals surface area (Å²) in [5.74, 6) is 1.08. The average molecular weight is 329 g/mol. The van der Waals surface area contributed by atoms with Crippen LogP contribution in [0.25, 0.3) is 11.0 Å². The van der Waals surface area contributed by atoms with Crippen molar-refractivity contribution >= 4 is 33.6 Å². The van der Waals surface area contributed by atoms with E-state index < -0.39 is 0 Å². The minimum absolute atomic E-state index is 0.806. The lowest BCUT2D eigenvalue weighted by Crippen LogP contribution is -2.05. The van der Waals surface area contributed by atoms with Gasteiger partial charge in [-0.3, -0.25) is 0 Å². The molecule has 0 bridgehead atoms. The number of halogens is 1. The Bertz CT molecular complexity index is 490. The van der Waals surface area contributed by atoms with E-state index in [1.165, 1.54) is 14.5 Å². The van der Waals surface area contributed by atoms with E-state index in [9.17, 15) is 0 Å². The third-order valence-corrected chi connectivity index (χ3v) is 3.34. The van der Waals surface area contributed by atoms with Gasteiger partial charge in [0.05, 0.1) is 6.54 Å². The second-order valence-corrected chi connectivity index (χ2v) is 5.17. The Morgan fingerprint density at radius 2 is 2.19 bits per heavy atom. The first kappa shape index (κ1) is 11.9. The SMILES string of the molecule is CCCc1c(CNC)oc2ccc(I)cc12. The fourth-order valence-corrected chi connectivity index (χ4v) is 2.49. The number of hydrogen-bond acceptors (Lipinski definition) is 2. The van der Waals surface area contributed by atoms with Crippen LogP contribution >= 0.6 is 22.6 Å². The van der Waals surface area contributed by atoms with Gasteiger partial charge in [0, 0.05) is 14.5 Å². The first-order valence-electron chi connectivity index (χ1n) is 5.60. The van der Waals surface area contributed by atoms with Crippen molar-refractivity contribution in [3.63, 3.8) is 0 Å². The second kappa shape index (κ2) is 5.19. The van der Waals surface area contributed by atoms with E-state index in [1.54, 1.807) is 0 Å². The molecular weight excluding hydrogens is 313 g/mol. The van der Waals surface area contributed by atoms with Gasteiger partial charge in [-0.05, 0) is 54.3 Å². The largest absolute Gasteiger partial charge is 0.459 e. The minimum Gasteiger partial charge on any atom is -0.459 e. The van der Waals surface area contributed by atoms with Crippen molar-refractivity contribution < 1.29 is 4.42 Å². The summed E-state index contributed by atoms with van der Waals surface area (Å²) in [5.41, 5.74) is 2.37. The predicted molar refractivity (Wildman–Crippen MR) is 75.7 cm³/mol. The number of nitrogens with one attached hydrogen (secondary N) is 1. The Hall–Kier alpha value is -0.550. The summed E-state index contributed by atoms with van der Waals surface area (Å²) in [5, 5.41) is 4.44. The van der Waals surface area contributed by atoms with E-state index in [2.05, 4.69) is 53.0 Å². The Morgan fingerprint density at radius 1 is 1.38 bits per heavy atom. The van der Waals surface area contributed by atoms with E-state index in [0.29, 0.717) is 0 Å². The number of furan rings is 1. The topological polar surface area (TPSA) is 25.2 Å². The zero-order valence-corrected chi connectivity index (χ0v) is 11.8. The van der Waals surface area contributed by atoms with Gasteiger partial charge in [-0.25, -0.2) is 0 Å². The summed E-state index contributed by atoms with van der Waals surface area (Å²) in [6.45, 7) is 3.01. The van der Waals surface area contributed by atoms with Gasteiger partial charge in [0.1, 0.15) is 11.3 Å². The molecule has 0 spiro atoms. The first-order valence-corrected chi connectivity index (χ1v) is 6.68. The van der Waals surface area contributed by atoms with Gasteiger partial charge in [0.2, 0.25) is 0 Å². The fourth-order valence-electron chi connectivity index (χ4n) is 2.00. The Kier molecular flexibility index (Phi) is 3.86. The van der Waals surface area contributed by atoms with E-state index >= 15 is 0 Å². The maximum atomic E-state index is 5.88. The van der Waals surface area contributed by atoms with Crippen LogP contribution in [0.4, 0.5) is 0 Å². The molecule has 3 heteroatoms.